The van der Waals surface area contributed by atoms with Crippen LogP contribution in [0.15, 0.2) is 18.2 Å². The minimum absolute atomic E-state index is 0.0481. The van der Waals surface area contributed by atoms with E-state index in [-0.39, 0.29) is 17.7 Å². The fraction of sp³-hybridized carbons (Fsp3) is 0.524. The molecule has 4 rings (SSSR count). The number of aryl methyl sites for hydroxylation is 3. The molecule has 148 valence electrons. The highest BCUT2D eigenvalue weighted by Gasteiger charge is 2.57. The van der Waals surface area contributed by atoms with Crippen molar-refractivity contribution in [3.8, 4) is 0 Å². The second-order valence-corrected chi connectivity index (χ2v) is 8.23. The number of rotatable bonds is 3. The van der Waals surface area contributed by atoms with Gasteiger partial charge in [0.05, 0.1) is 5.41 Å². The molecule has 0 radical (unpaired) electrons. The fourth-order valence-corrected chi connectivity index (χ4v) is 4.74. The number of fused-ring (bicyclic) bond motifs is 1. The second-order valence-electron chi connectivity index (χ2n) is 8.23. The van der Waals surface area contributed by atoms with Crippen molar-refractivity contribution in [3.05, 3.63) is 46.5 Å². The van der Waals surface area contributed by atoms with Gasteiger partial charge in [0.1, 0.15) is 5.82 Å². The van der Waals surface area contributed by atoms with Crippen molar-refractivity contribution in [3.63, 3.8) is 0 Å². The Hall–Kier alpha value is -2.70. The van der Waals surface area contributed by atoms with Gasteiger partial charge in [-0.3, -0.25) is 14.7 Å². The SMILES string of the molecule is CCC(=O)N1C[C@H]2CN(C(=O)c3ccc(C)cc3C)C[C@@]2(c2n[nH]c(C)n2)C1. The third-order valence-electron chi connectivity index (χ3n) is 6.21. The maximum atomic E-state index is 13.3. The molecule has 7 heteroatoms. The minimum Gasteiger partial charge on any atom is -0.341 e. The Balaban J connectivity index is 1.65. The van der Waals surface area contributed by atoms with Gasteiger partial charge in [0, 0.05) is 44.1 Å². The van der Waals surface area contributed by atoms with E-state index in [0.29, 0.717) is 32.6 Å². The maximum absolute atomic E-state index is 13.3. The molecule has 3 heterocycles. The number of aromatic amines is 1. The van der Waals surface area contributed by atoms with E-state index >= 15 is 0 Å². The van der Waals surface area contributed by atoms with Gasteiger partial charge in [0.2, 0.25) is 5.91 Å². The first kappa shape index (κ1) is 18.7. The molecule has 2 amide bonds. The van der Waals surface area contributed by atoms with Crippen molar-refractivity contribution >= 4 is 11.8 Å². The maximum Gasteiger partial charge on any atom is 0.254 e. The number of amides is 2. The lowest BCUT2D eigenvalue weighted by Crippen LogP contribution is -2.41. The van der Waals surface area contributed by atoms with E-state index in [1.54, 1.807) is 0 Å². The van der Waals surface area contributed by atoms with E-state index in [2.05, 4.69) is 15.2 Å². The van der Waals surface area contributed by atoms with Gasteiger partial charge in [-0.2, -0.15) is 5.10 Å². The summed E-state index contributed by atoms with van der Waals surface area (Å²) in [7, 11) is 0. The van der Waals surface area contributed by atoms with Gasteiger partial charge in [-0.25, -0.2) is 4.98 Å². The van der Waals surface area contributed by atoms with Crippen molar-refractivity contribution in [2.75, 3.05) is 26.2 Å². The van der Waals surface area contributed by atoms with Crippen molar-refractivity contribution in [2.24, 2.45) is 5.92 Å². The quantitative estimate of drug-likeness (QED) is 0.882. The van der Waals surface area contributed by atoms with Crippen molar-refractivity contribution in [1.82, 2.24) is 25.0 Å². The second kappa shape index (κ2) is 6.72. The molecule has 1 aromatic carbocycles. The van der Waals surface area contributed by atoms with Crippen molar-refractivity contribution in [2.45, 2.75) is 39.5 Å². The molecule has 2 atom stereocenters. The van der Waals surface area contributed by atoms with Crippen molar-refractivity contribution in [1.29, 1.82) is 0 Å². The molecule has 0 bridgehead atoms. The first-order valence-electron chi connectivity index (χ1n) is 9.88. The monoisotopic (exact) mass is 381 g/mol. The van der Waals surface area contributed by atoms with Gasteiger partial charge in [-0.15, -0.1) is 0 Å². The largest absolute Gasteiger partial charge is 0.341 e. The van der Waals surface area contributed by atoms with Gasteiger partial charge < -0.3 is 9.80 Å². The van der Waals surface area contributed by atoms with Crippen LogP contribution in [0.1, 0.15) is 46.5 Å². The molecule has 2 saturated heterocycles. The predicted octanol–water partition coefficient (Wildman–Crippen LogP) is 1.99. The number of hydrogen-bond donors (Lipinski definition) is 1. The Labute approximate surface area is 165 Å². The van der Waals surface area contributed by atoms with Crippen molar-refractivity contribution < 1.29 is 9.59 Å². The van der Waals surface area contributed by atoms with Crippen LogP contribution >= 0.6 is 0 Å². The molecule has 2 aromatic rings. The molecular formula is C21H27N5O2. The molecule has 2 aliphatic rings. The van der Waals surface area contributed by atoms with Crippen LogP contribution in [0.4, 0.5) is 0 Å². The lowest BCUT2D eigenvalue weighted by molar-refractivity contribution is -0.130. The van der Waals surface area contributed by atoms with Crippen LogP contribution in [0.2, 0.25) is 0 Å². The minimum atomic E-state index is -0.399. The zero-order valence-corrected chi connectivity index (χ0v) is 17.0. The van der Waals surface area contributed by atoms with Crippen LogP contribution in [-0.2, 0) is 10.2 Å². The van der Waals surface area contributed by atoms with Crippen LogP contribution < -0.4 is 0 Å². The van der Waals surface area contributed by atoms with Gasteiger partial charge in [0.15, 0.2) is 5.82 Å². The van der Waals surface area contributed by atoms with E-state index in [4.69, 9.17) is 0 Å². The van der Waals surface area contributed by atoms with Crippen LogP contribution in [0.5, 0.6) is 0 Å². The summed E-state index contributed by atoms with van der Waals surface area (Å²) in [4.78, 5) is 34.0. The molecule has 0 spiro atoms. The Morgan fingerprint density at radius 2 is 1.89 bits per heavy atom. The van der Waals surface area contributed by atoms with E-state index in [0.717, 1.165) is 28.3 Å². The standard InChI is InChI=1S/C21H27N5O2/c1-5-18(27)25-9-16-10-26(19(28)17-7-6-13(2)8-14(17)3)12-21(16,11-25)20-22-15(4)23-24-20/h6-8,16H,5,9-12H2,1-4H3,(H,22,23,24)/t16-,21-/m0/s1. The van der Waals surface area contributed by atoms with E-state index in [1.165, 1.54) is 0 Å². The zero-order chi connectivity index (χ0) is 20.1. The summed E-state index contributed by atoms with van der Waals surface area (Å²) in [5, 5.41) is 7.37. The van der Waals surface area contributed by atoms with E-state index < -0.39 is 5.41 Å². The normalized spacial score (nSPS) is 23.9. The zero-order valence-electron chi connectivity index (χ0n) is 17.0. The molecule has 2 fully saturated rings. The number of nitrogens with one attached hydrogen (secondary N) is 1. The number of carbonyl (C=O) groups excluding carboxylic acids is 2. The third kappa shape index (κ3) is 2.89. The number of carbonyl (C=O) groups is 2. The topological polar surface area (TPSA) is 82.2 Å². The smallest absolute Gasteiger partial charge is 0.254 e. The van der Waals surface area contributed by atoms with Gasteiger partial charge >= 0.3 is 0 Å². The average Bonchev–Trinajstić information content (AvgIpc) is 3.32. The Morgan fingerprint density at radius 1 is 1.18 bits per heavy atom. The van der Waals surface area contributed by atoms with Gasteiger partial charge in [-0.1, -0.05) is 24.6 Å². The number of benzene rings is 1. The number of H-pyrrole nitrogens is 1. The molecule has 2 aliphatic heterocycles. The summed E-state index contributed by atoms with van der Waals surface area (Å²) in [6, 6.07) is 5.94. The Morgan fingerprint density at radius 3 is 2.54 bits per heavy atom. The summed E-state index contributed by atoms with van der Waals surface area (Å²) in [6.45, 7) is 10.1. The molecule has 0 unspecified atom stereocenters. The fourth-order valence-electron chi connectivity index (χ4n) is 4.74. The average molecular weight is 381 g/mol. The summed E-state index contributed by atoms with van der Waals surface area (Å²) >= 11 is 0. The number of likely N-dealkylation sites (tertiary alicyclic amines) is 2. The summed E-state index contributed by atoms with van der Waals surface area (Å²) in [6.07, 6.45) is 0.487. The van der Waals surface area contributed by atoms with Crippen LogP contribution in [0.3, 0.4) is 0 Å². The highest BCUT2D eigenvalue weighted by atomic mass is 16.2. The highest BCUT2D eigenvalue weighted by Crippen LogP contribution is 2.44. The lowest BCUT2D eigenvalue weighted by Gasteiger charge is -2.27. The van der Waals surface area contributed by atoms with Gasteiger partial charge in [0.25, 0.3) is 5.91 Å². The highest BCUT2D eigenvalue weighted by molar-refractivity contribution is 5.96. The number of hydrogen-bond acceptors (Lipinski definition) is 4. The Bertz CT molecular complexity index is 937. The van der Waals surface area contributed by atoms with Crippen LogP contribution in [0, 0.1) is 26.7 Å². The number of aromatic nitrogens is 3. The third-order valence-corrected chi connectivity index (χ3v) is 6.21. The summed E-state index contributed by atoms with van der Waals surface area (Å²) in [5.74, 6) is 1.81. The predicted molar refractivity (Wildman–Crippen MR) is 105 cm³/mol. The molecule has 1 aromatic heterocycles. The molecule has 28 heavy (non-hydrogen) atoms. The van der Waals surface area contributed by atoms with Crippen LogP contribution in [-0.4, -0.2) is 63.0 Å². The molecular weight excluding hydrogens is 354 g/mol. The molecule has 1 N–H and O–H groups in total. The summed E-state index contributed by atoms with van der Waals surface area (Å²) < 4.78 is 0. The lowest BCUT2D eigenvalue weighted by atomic mass is 9.80. The first-order chi connectivity index (χ1) is 13.3. The van der Waals surface area contributed by atoms with E-state index in [9.17, 15) is 9.59 Å². The van der Waals surface area contributed by atoms with Crippen LogP contribution in [0.25, 0.3) is 0 Å². The molecule has 0 saturated carbocycles. The Kier molecular flexibility index (Phi) is 4.48. The number of nitrogens with zero attached hydrogens (tertiary/aromatic N) is 4. The first-order valence-corrected chi connectivity index (χ1v) is 9.88. The molecule has 0 aliphatic carbocycles. The van der Waals surface area contributed by atoms with E-state index in [1.807, 2.05) is 55.7 Å². The van der Waals surface area contributed by atoms with Gasteiger partial charge in [-0.05, 0) is 32.4 Å². The summed E-state index contributed by atoms with van der Waals surface area (Å²) in [5.41, 5.74) is 2.49. The molecule has 7 nitrogen and oxygen atoms in total.